The van der Waals surface area contributed by atoms with Crippen LogP contribution in [0.25, 0.3) is 17.0 Å². The molecule has 0 amide bonds. The number of ketones is 1. The average molecular weight is 466 g/mol. The van der Waals surface area contributed by atoms with Crippen molar-refractivity contribution in [2.75, 3.05) is 19.0 Å². The highest BCUT2D eigenvalue weighted by Crippen LogP contribution is 2.50. The Kier molecular flexibility index (Phi) is 4.78. The van der Waals surface area contributed by atoms with E-state index in [-0.39, 0.29) is 17.1 Å². The van der Waals surface area contributed by atoms with Gasteiger partial charge < -0.3 is 9.64 Å². The largest absolute Gasteiger partial charge is 0.442 e. The highest BCUT2D eigenvalue weighted by molar-refractivity contribution is 6.00. The van der Waals surface area contributed by atoms with Gasteiger partial charge in [-0.15, -0.1) is 5.10 Å². The quantitative estimate of drug-likeness (QED) is 0.423. The number of benzene rings is 2. The molecular formula is C28H27N5O2. The lowest BCUT2D eigenvalue weighted by atomic mass is 9.70. The van der Waals surface area contributed by atoms with Gasteiger partial charge in [0.2, 0.25) is 5.88 Å². The third kappa shape index (κ3) is 3.58. The number of anilines is 1. The molecule has 3 heterocycles. The van der Waals surface area contributed by atoms with Crippen LogP contribution in [0.2, 0.25) is 0 Å². The summed E-state index contributed by atoms with van der Waals surface area (Å²) in [5.74, 6) is 1.65. The van der Waals surface area contributed by atoms with Gasteiger partial charge in [0.25, 0.3) is 0 Å². The maximum Gasteiger partial charge on any atom is 0.228 e. The molecule has 0 bridgehead atoms. The minimum absolute atomic E-state index is 0.122. The van der Waals surface area contributed by atoms with E-state index in [0.29, 0.717) is 30.2 Å². The van der Waals surface area contributed by atoms with Gasteiger partial charge in [0.05, 0.1) is 5.56 Å². The minimum atomic E-state index is -0.303. The molecular weight excluding hydrogens is 438 g/mol. The molecule has 1 aliphatic heterocycles. The third-order valence-electron chi connectivity index (χ3n) is 6.84. The van der Waals surface area contributed by atoms with E-state index in [0.717, 1.165) is 33.7 Å². The number of carbonyl (C=O) groups is 1. The summed E-state index contributed by atoms with van der Waals surface area (Å²) in [7, 11) is 4.02. The van der Waals surface area contributed by atoms with Crippen LogP contribution in [-0.2, 0) is 4.79 Å². The maximum atomic E-state index is 13.5. The monoisotopic (exact) mass is 465 g/mol. The molecule has 1 atom stereocenters. The Morgan fingerprint density at radius 1 is 1.03 bits per heavy atom. The van der Waals surface area contributed by atoms with Gasteiger partial charge in [-0.1, -0.05) is 44.2 Å². The second-order valence-corrected chi connectivity index (χ2v) is 10.3. The van der Waals surface area contributed by atoms with Crippen molar-refractivity contribution in [1.29, 1.82) is 0 Å². The fraction of sp³-hybridized carbons (Fsp3) is 0.286. The smallest absolute Gasteiger partial charge is 0.228 e. The first-order valence-electron chi connectivity index (χ1n) is 11.8. The van der Waals surface area contributed by atoms with Gasteiger partial charge >= 0.3 is 0 Å². The summed E-state index contributed by atoms with van der Waals surface area (Å²) in [6.45, 7) is 4.21. The van der Waals surface area contributed by atoms with E-state index in [9.17, 15) is 4.79 Å². The lowest BCUT2D eigenvalue weighted by Crippen LogP contribution is -2.33. The van der Waals surface area contributed by atoms with Crippen LogP contribution in [-0.4, -0.2) is 39.5 Å². The van der Waals surface area contributed by atoms with E-state index in [2.05, 4.69) is 35.9 Å². The zero-order valence-corrected chi connectivity index (χ0v) is 20.3. The van der Waals surface area contributed by atoms with Crippen LogP contribution < -0.4 is 9.64 Å². The number of ether oxygens (including phenoxy) is 1. The van der Waals surface area contributed by atoms with Crippen LogP contribution >= 0.6 is 0 Å². The van der Waals surface area contributed by atoms with E-state index in [1.54, 1.807) is 10.8 Å². The van der Waals surface area contributed by atoms with E-state index in [1.807, 2.05) is 56.6 Å². The summed E-state index contributed by atoms with van der Waals surface area (Å²) in [5.41, 5.74) is 5.04. The predicted octanol–water partition coefficient (Wildman–Crippen LogP) is 5.02. The molecule has 2 aliphatic rings. The Morgan fingerprint density at radius 3 is 2.49 bits per heavy atom. The number of carbonyl (C=O) groups excluding carboxylic acids is 1. The van der Waals surface area contributed by atoms with Gasteiger partial charge in [-0.3, -0.25) is 4.79 Å². The predicted molar refractivity (Wildman–Crippen MR) is 135 cm³/mol. The van der Waals surface area contributed by atoms with Gasteiger partial charge in [-0.2, -0.15) is 0 Å². The van der Waals surface area contributed by atoms with E-state index < -0.39 is 0 Å². The number of allylic oxidation sites excluding steroid dienone is 2. The molecule has 1 aliphatic carbocycles. The summed E-state index contributed by atoms with van der Waals surface area (Å²) >= 11 is 0. The van der Waals surface area contributed by atoms with E-state index in [1.165, 1.54) is 0 Å². The first-order chi connectivity index (χ1) is 16.8. The van der Waals surface area contributed by atoms with Gasteiger partial charge in [-0.25, -0.2) is 14.5 Å². The molecule has 0 saturated heterocycles. The number of rotatable bonds is 3. The molecule has 0 radical (unpaired) electrons. The Labute approximate surface area is 204 Å². The number of fused-ring (bicyclic) bond motifs is 3. The van der Waals surface area contributed by atoms with Crippen molar-refractivity contribution in [2.45, 2.75) is 32.6 Å². The van der Waals surface area contributed by atoms with Crippen LogP contribution in [0, 0.1) is 5.41 Å². The molecule has 0 fully saturated rings. The lowest BCUT2D eigenvalue weighted by molar-refractivity contribution is -0.118. The highest BCUT2D eigenvalue weighted by Gasteiger charge is 2.43. The van der Waals surface area contributed by atoms with Gasteiger partial charge in [0.1, 0.15) is 12.1 Å². The van der Waals surface area contributed by atoms with Crippen molar-refractivity contribution >= 4 is 17.1 Å². The maximum absolute atomic E-state index is 13.5. The zero-order valence-electron chi connectivity index (χ0n) is 20.3. The molecule has 4 aromatic rings. The second kappa shape index (κ2) is 7.77. The Balaban J connectivity index is 1.54. The molecule has 0 spiro atoms. The number of hydrogen-bond donors (Lipinski definition) is 0. The van der Waals surface area contributed by atoms with Crippen molar-refractivity contribution < 1.29 is 9.53 Å². The van der Waals surface area contributed by atoms with Crippen molar-refractivity contribution in [1.82, 2.24) is 19.6 Å². The average Bonchev–Trinajstić information content (AvgIpc) is 3.27. The fourth-order valence-electron chi connectivity index (χ4n) is 5.16. The third-order valence-corrected chi connectivity index (χ3v) is 6.84. The first-order valence-corrected chi connectivity index (χ1v) is 11.8. The lowest BCUT2D eigenvalue weighted by Gasteiger charge is -2.37. The second-order valence-electron chi connectivity index (χ2n) is 10.3. The summed E-state index contributed by atoms with van der Waals surface area (Å²) in [4.78, 5) is 25.1. The van der Waals surface area contributed by atoms with E-state index in [4.69, 9.17) is 14.8 Å². The Hall–Kier alpha value is -4.00. The number of Topliss-reactive ketones (excluding diaryl/α,β-unsaturated/α-hetero) is 1. The minimum Gasteiger partial charge on any atom is -0.442 e. The zero-order chi connectivity index (χ0) is 24.3. The van der Waals surface area contributed by atoms with Crippen LogP contribution in [0.1, 0.15) is 43.7 Å². The summed E-state index contributed by atoms with van der Waals surface area (Å²) in [6.07, 6.45) is 2.82. The standard InChI is InChI=1S/C28H27N5O2/c1-28(2)14-20(34)23-21(15-28)35-27-24(22(23)17-8-6-5-7-9-17)26-30-25(31-33(26)16-29-27)18-10-12-19(13-11-18)32(3)4/h5-13,16,22H,14-15H2,1-4H3. The van der Waals surface area contributed by atoms with Gasteiger partial charge in [0.15, 0.2) is 17.3 Å². The normalized spacial score (nSPS) is 18.7. The molecule has 176 valence electrons. The molecule has 0 saturated carbocycles. The van der Waals surface area contributed by atoms with Crippen molar-refractivity contribution in [3.8, 4) is 17.3 Å². The first kappa shape index (κ1) is 21.5. The molecule has 1 unspecified atom stereocenters. The number of nitrogens with zero attached hydrogens (tertiary/aromatic N) is 5. The number of hydrogen-bond acceptors (Lipinski definition) is 6. The molecule has 6 rings (SSSR count). The summed E-state index contributed by atoms with van der Waals surface area (Å²) in [5, 5.41) is 4.71. The molecule has 2 aromatic heterocycles. The van der Waals surface area contributed by atoms with Crippen LogP contribution in [0.15, 0.2) is 72.3 Å². The fourth-order valence-corrected chi connectivity index (χ4v) is 5.16. The van der Waals surface area contributed by atoms with Crippen LogP contribution in [0.5, 0.6) is 5.88 Å². The SMILES string of the molecule is CN(C)c1ccc(-c2nc3c4c(ncn3n2)OC2=C(C(=O)CC(C)(C)C2)C4c2ccccc2)cc1. The topological polar surface area (TPSA) is 72.6 Å². The van der Waals surface area contributed by atoms with Gasteiger partial charge in [-0.05, 0) is 35.2 Å². The molecule has 2 aromatic carbocycles. The Morgan fingerprint density at radius 2 is 1.77 bits per heavy atom. The highest BCUT2D eigenvalue weighted by atomic mass is 16.5. The number of aromatic nitrogens is 4. The van der Waals surface area contributed by atoms with Crippen molar-refractivity contribution in [3.05, 3.63) is 83.4 Å². The molecule has 7 nitrogen and oxygen atoms in total. The molecule has 0 N–H and O–H groups in total. The van der Waals surface area contributed by atoms with Crippen molar-refractivity contribution in [3.63, 3.8) is 0 Å². The van der Waals surface area contributed by atoms with Gasteiger partial charge in [0, 0.05) is 49.7 Å². The van der Waals surface area contributed by atoms with Crippen molar-refractivity contribution in [2.24, 2.45) is 5.41 Å². The van der Waals surface area contributed by atoms with Crippen LogP contribution in [0.3, 0.4) is 0 Å². The van der Waals surface area contributed by atoms with E-state index >= 15 is 0 Å². The summed E-state index contributed by atoms with van der Waals surface area (Å²) in [6, 6.07) is 18.2. The Bertz CT molecular complexity index is 1480. The molecule has 7 heteroatoms. The van der Waals surface area contributed by atoms with Crippen LogP contribution in [0.4, 0.5) is 5.69 Å². The molecule has 35 heavy (non-hydrogen) atoms. The summed E-state index contributed by atoms with van der Waals surface area (Å²) < 4.78 is 8.01.